The molecule has 0 radical (unpaired) electrons. The van der Waals surface area contributed by atoms with Crippen molar-refractivity contribution in [2.45, 2.75) is 26.4 Å². The lowest BCUT2D eigenvalue weighted by Gasteiger charge is -2.25. The topological polar surface area (TPSA) is 23.6 Å². The summed E-state index contributed by atoms with van der Waals surface area (Å²) < 4.78 is 0. The fraction of sp³-hybridized carbons (Fsp3) is 0.350. The molecule has 0 unspecified atom stereocenters. The molecule has 0 atom stereocenters. The van der Waals surface area contributed by atoms with Gasteiger partial charge in [0.05, 0.1) is 6.54 Å². The molecule has 2 rings (SSSR count). The zero-order valence-corrected chi connectivity index (χ0v) is 14.1. The molecule has 0 aliphatic carbocycles. The third-order valence-corrected chi connectivity index (χ3v) is 3.76. The third kappa shape index (κ3) is 5.87. The lowest BCUT2D eigenvalue weighted by molar-refractivity contribution is -0.132. The highest BCUT2D eigenvalue weighted by Crippen LogP contribution is 2.08. The van der Waals surface area contributed by atoms with E-state index >= 15 is 0 Å². The number of hydrogen-bond donors (Lipinski definition) is 0. The molecule has 0 aliphatic rings. The Morgan fingerprint density at radius 1 is 0.870 bits per heavy atom. The summed E-state index contributed by atoms with van der Waals surface area (Å²) >= 11 is 0. The number of likely N-dealkylation sites (N-methyl/N-ethyl adjacent to an activating group) is 1. The van der Waals surface area contributed by atoms with Crippen LogP contribution >= 0.6 is 0 Å². The van der Waals surface area contributed by atoms with Gasteiger partial charge in [-0.1, -0.05) is 67.6 Å². The Kier molecular flexibility index (Phi) is 6.82. The summed E-state index contributed by atoms with van der Waals surface area (Å²) in [4.78, 5) is 16.7. The number of rotatable bonds is 8. The fourth-order valence-electron chi connectivity index (χ4n) is 2.65. The van der Waals surface area contributed by atoms with Crippen LogP contribution in [0.4, 0.5) is 0 Å². The monoisotopic (exact) mass is 310 g/mol. The summed E-state index contributed by atoms with van der Waals surface area (Å²) in [6, 6.07) is 20.4. The first-order valence-corrected chi connectivity index (χ1v) is 8.23. The predicted octanol–water partition coefficient (Wildman–Crippen LogP) is 3.56. The molecule has 2 aromatic carbocycles. The van der Waals surface area contributed by atoms with Crippen LogP contribution in [0.15, 0.2) is 60.7 Å². The molecule has 0 heterocycles. The minimum absolute atomic E-state index is 0.189. The van der Waals surface area contributed by atoms with Gasteiger partial charge in [-0.15, -0.1) is 0 Å². The van der Waals surface area contributed by atoms with E-state index in [1.807, 2.05) is 48.3 Å². The highest BCUT2D eigenvalue weighted by molar-refractivity contribution is 5.78. The number of carbonyl (C=O) groups is 1. The lowest BCUT2D eigenvalue weighted by atomic mass is 10.2. The van der Waals surface area contributed by atoms with Crippen molar-refractivity contribution in [3.63, 3.8) is 0 Å². The van der Waals surface area contributed by atoms with E-state index in [0.29, 0.717) is 13.1 Å². The first kappa shape index (κ1) is 17.2. The van der Waals surface area contributed by atoms with Gasteiger partial charge in [-0.05, 0) is 24.6 Å². The molecule has 0 fully saturated rings. The van der Waals surface area contributed by atoms with E-state index in [1.54, 1.807) is 0 Å². The lowest BCUT2D eigenvalue weighted by Crippen LogP contribution is -2.38. The first-order valence-electron chi connectivity index (χ1n) is 8.23. The molecule has 3 heteroatoms. The summed E-state index contributed by atoms with van der Waals surface area (Å²) in [5, 5.41) is 0. The second-order valence-electron chi connectivity index (χ2n) is 5.96. The summed E-state index contributed by atoms with van der Waals surface area (Å²) in [7, 11) is 2.00. The molecule has 0 spiro atoms. The molecule has 0 bridgehead atoms. The quantitative estimate of drug-likeness (QED) is 0.744. The summed E-state index contributed by atoms with van der Waals surface area (Å²) in [6.45, 7) is 4.83. The average molecular weight is 310 g/mol. The van der Waals surface area contributed by atoms with E-state index in [-0.39, 0.29) is 5.91 Å². The minimum Gasteiger partial charge on any atom is -0.337 e. The average Bonchev–Trinajstić information content (AvgIpc) is 2.56. The van der Waals surface area contributed by atoms with Crippen molar-refractivity contribution in [2.24, 2.45) is 0 Å². The Bertz CT molecular complexity index is 583. The largest absolute Gasteiger partial charge is 0.337 e. The van der Waals surface area contributed by atoms with Gasteiger partial charge in [0.1, 0.15) is 0 Å². The fourth-order valence-corrected chi connectivity index (χ4v) is 2.65. The SMILES string of the molecule is CCCN(Cc1ccccc1)C(=O)CN(C)Cc1ccccc1. The van der Waals surface area contributed by atoms with E-state index in [9.17, 15) is 4.79 Å². The van der Waals surface area contributed by atoms with Crippen LogP contribution in [-0.4, -0.2) is 35.8 Å². The predicted molar refractivity (Wildman–Crippen MR) is 94.9 cm³/mol. The third-order valence-electron chi connectivity index (χ3n) is 3.76. The van der Waals surface area contributed by atoms with E-state index in [2.05, 4.69) is 36.1 Å². The molecular weight excluding hydrogens is 284 g/mol. The van der Waals surface area contributed by atoms with Crippen LogP contribution in [0.2, 0.25) is 0 Å². The molecule has 23 heavy (non-hydrogen) atoms. The van der Waals surface area contributed by atoms with Gasteiger partial charge in [0.15, 0.2) is 0 Å². The Balaban J connectivity index is 1.92. The van der Waals surface area contributed by atoms with Crippen LogP contribution < -0.4 is 0 Å². The maximum Gasteiger partial charge on any atom is 0.237 e. The van der Waals surface area contributed by atoms with E-state index in [0.717, 1.165) is 19.5 Å². The van der Waals surface area contributed by atoms with Gasteiger partial charge in [-0.25, -0.2) is 0 Å². The van der Waals surface area contributed by atoms with Gasteiger partial charge >= 0.3 is 0 Å². The summed E-state index contributed by atoms with van der Waals surface area (Å²) in [5.41, 5.74) is 2.41. The zero-order valence-electron chi connectivity index (χ0n) is 14.1. The van der Waals surface area contributed by atoms with Crippen LogP contribution in [0.1, 0.15) is 24.5 Å². The van der Waals surface area contributed by atoms with Crippen molar-refractivity contribution in [2.75, 3.05) is 20.1 Å². The standard InChI is InChI=1S/C20H26N2O/c1-3-14-22(16-19-12-8-5-9-13-19)20(23)17-21(2)15-18-10-6-4-7-11-18/h4-13H,3,14-17H2,1-2H3. The van der Waals surface area contributed by atoms with Gasteiger partial charge in [0.25, 0.3) is 0 Å². The molecule has 0 saturated heterocycles. The van der Waals surface area contributed by atoms with E-state index in [1.165, 1.54) is 11.1 Å². The summed E-state index contributed by atoms with van der Waals surface area (Å²) in [6.07, 6.45) is 0.973. The van der Waals surface area contributed by atoms with Crippen LogP contribution in [0, 0.1) is 0 Å². The molecule has 0 N–H and O–H groups in total. The number of benzene rings is 2. The van der Waals surface area contributed by atoms with Crippen molar-refractivity contribution in [3.05, 3.63) is 71.8 Å². The van der Waals surface area contributed by atoms with Crippen molar-refractivity contribution < 1.29 is 4.79 Å². The van der Waals surface area contributed by atoms with Gasteiger partial charge in [0.2, 0.25) is 5.91 Å². The van der Waals surface area contributed by atoms with Gasteiger partial charge in [-0.3, -0.25) is 9.69 Å². The first-order chi connectivity index (χ1) is 11.2. The van der Waals surface area contributed by atoms with Crippen LogP contribution in [0.5, 0.6) is 0 Å². The van der Waals surface area contributed by atoms with E-state index < -0.39 is 0 Å². The van der Waals surface area contributed by atoms with Gasteiger partial charge in [-0.2, -0.15) is 0 Å². The molecule has 1 amide bonds. The van der Waals surface area contributed by atoms with Crippen LogP contribution in [-0.2, 0) is 17.9 Å². The second-order valence-corrected chi connectivity index (χ2v) is 5.96. The second kappa shape index (κ2) is 9.11. The molecule has 0 saturated carbocycles. The Morgan fingerprint density at radius 3 is 1.91 bits per heavy atom. The number of hydrogen-bond acceptors (Lipinski definition) is 2. The molecule has 0 aromatic heterocycles. The number of carbonyl (C=O) groups excluding carboxylic acids is 1. The Hall–Kier alpha value is -2.13. The maximum absolute atomic E-state index is 12.6. The Labute approximate surface area is 139 Å². The Morgan fingerprint density at radius 2 is 1.39 bits per heavy atom. The van der Waals surface area contributed by atoms with Crippen molar-refractivity contribution >= 4 is 5.91 Å². The highest BCUT2D eigenvalue weighted by atomic mass is 16.2. The number of amides is 1. The van der Waals surface area contributed by atoms with Crippen molar-refractivity contribution in [1.82, 2.24) is 9.80 Å². The normalized spacial score (nSPS) is 10.7. The highest BCUT2D eigenvalue weighted by Gasteiger charge is 2.15. The maximum atomic E-state index is 12.6. The zero-order chi connectivity index (χ0) is 16.5. The molecule has 2 aromatic rings. The molecule has 3 nitrogen and oxygen atoms in total. The smallest absolute Gasteiger partial charge is 0.237 e. The van der Waals surface area contributed by atoms with Gasteiger partial charge in [0, 0.05) is 19.6 Å². The molecule has 122 valence electrons. The van der Waals surface area contributed by atoms with Crippen molar-refractivity contribution in [3.8, 4) is 0 Å². The van der Waals surface area contributed by atoms with Gasteiger partial charge < -0.3 is 4.90 Å². The molecular formula is C20H26N2O. The van der Waals surface area contributed by atoms with Crippen molar-refractivity contribution in [1.29, 1.82) is 0 Å². The molecule has 0 aliphatic heterocycles. The van der Waals surface area contributed by atoms with Crippen LogP contribution in [0.3, 0.4) is 0 Å². The summed E-state index contributed by atoms with van der Waals surface area (Å²) in [5.74, 6) is 0.189. The minimum atomic E-state index is 0.189. The van der Waals surface area contributed by atoms with E-state index in [4.69, 9.17) is 0 Å². The number of nitrogens with zero attached hydrogens (tertiary/aromatic N) is 2. The van der Waals surface area contributed by atoms with Crippen LogP contribution in [0.25, 0.3) is 0 Å².